The quantitative estimate of drug-likeness (QED) is 0.756. The average Bonchev–Trinajstić information content (AvgIpc) is 2.13. The second kappa shape index (κ2) is 5.47. The van der Waals surface area contributed by atoms with E-state index >= 15 is 0 Å². The normalized spacial score (nSPS) is 10.6. The van der Waals surface area contributed by atoms with Crippen molar-refractivity contribution in [1.82, 2.24) is 9.97 Å². The van der Waals surface area contributed by atoms with Gasteiger partial charge in [-0.05, 0) is 12.8 Å². The zero-order valence-corrected chi connectivity index (χ0v) is 10.4. The fraction of sp³-hybridized carbons (Fsp3) is 0.545. The van der Waals surface area contributed by atoms with Gasteiger partial charge in [0.15, 0.2) is 0 Å². The van der Waals surface area contributed by atoms with Gasteiger partial charge in [0.05, 0.1) is 6.54 Å². The molecule has 0 saturated carbocycles. The lowest BCUT2D eigenvalue weighted by Crippen LogP contribution is -2.37. The van der Waals surface area contributed by atoms with Gasteiger partial charge < -0.3 is 15.6 Å². The molecule has 0 saturated heterocycles. The molecule has 3 N–H and O–H groups in total. The predicted octanol–water partition coefficient (Wildman–Crippen LogP) is 0.0260. The number of carbonyl (C=O) groups excluding carboxylic acids is 1. The topological polar surface area (TPSA) is 92.1 Å². The molecule has 1 heterocycles. The van der Waals surface area contributed by atoms with Gasteiger partial charge >= 0.3 is 0 Å². The minimum absolute atomic E-state index is 0.0636. The molecule has 0 aromatic carbocycles. The Morgan fingerprint density at radius 3 is 2.71 bits per heavy atom. The Balaban J connectivity index is 3.02. The number of rotatable bonds is 5. The Morgan fingerprint density at radius 1 is 1.59 bits per heavy atom. The maximum Gasteiger partial charge on any atom is 0.252 e. The smallest absolute Gasteiger partial charge is 0.252 e. The van der Waals surface area contributed by atoms with Crippen molar-refractivity contribution in [3.05, 3.63) is 22.2 Å². The maximum absolute atomic E-state index is 11.3. The maximum atomic E-state index is 11.3. The molecule has 1 aromatic heterocycles. The number of anilines is 1. The summed E-state index contributed by atoms with van der Waals surface area (Å²) < 4.78 is 0. The van der Waals surface area contributed by atoms with E-state index in [2.05, 4.69) is 9.97 Å². The van der Waals surface area contributed by atoms with Crippen LogP contribution in [0.5, 0.6) is 0 Å². The molecule has 17 heavy (non-hydrogen) atoms. The van der Waals surface area contributed by atoms with E-state index in [9.17, 15) is 9.59 Å². The van der Waals surface area contributed by atoms with Crippen LogP contribution < -0.4 is 16.2 Å². The summed E-state index contributed by atoms with van der Waals surface area (Å²) in [5.41, 5.74) is 4.96. The van der Waals surface area contributed by atoms with Gasteiger partial charge in [0.1, 0.15) is 11.6 Å². The fourth-order valence-electron chi connectivity index (χ4n) is 1.59. The molecule has 6 nitrogen and oxygen atoms in total. The molecule has 0 fully saturated rings. The van der Waals surface area contributed by atoms with Crippen molar-refractivity contribution in [2.75, 3.05) is 18.0 Å². The predicted molar refractivity (Wildman–Crippen MR) is 65.8 cm³/mol. The number of aromatic amines is 1. The molecule has 0 unspecified atom stereocenters. The Labute approximate surface area is 99.8 Å². The standard InChI is InChI=1S/C11H18N4O2/c1-7(2)5-15(6-9(12)16)10-4-11(17)14-8(3)13-10/h4,7H,5-6H2,1-3H3,(H2,12,16)(H,13,14,17). The third kappa shape index (κ3) is 4.26. The van der Waals surface area contributed by atoms with Crippen LogP contribution in [0.15, 0.2) is 10.9 Å². The molecule has 94 valence electrons. The second-order valence-electron chi connectivity index (χ2n) is 4.43. The van der Waals surface area contributed by atoms with Gasteiger partial charge in [0.2, 0.25) is 5.91 Å². The molecule has 0 aliphatic carbocycles. The Kier molecular flexibility index (Phi) is 4.25. The number of aromatic nitrogens is 2. The Bertz CT molecular complexity index is 453. The number of amides is 1. The number of hydrogen-bond acceptors (Lipinski definition) is 4. The minimum atomic E-state index is -0.439. The number of nitrogens with one attached hydrogen (secondary N) is 1. The van der Waals surface area contributed by atoms with E-state index in [1.807, 2.05) is 13.8 Å². The summed E-state index contributed by atoms with van der Waals surface area (Å²) >= 11 is 0. The summed E-state index contributed by atoms with van der Waals surface area (Å²) in [6.45, 7) is 6.43. The first-order chi connectivity index (χ1) is 7.88. The summed E-state index contributed by atoms with van der Waals surface area (Å²) in [6.07, 6.45) is 0. The van der Waals surface area contributed by atoms with Crippen LogP contribution in [0.4, 0.5) is 5.82 Å². The van der Waals surface area contributed by atoms with Gasteiger partial charge in [-0.1, -0.05) is 13.8 Å². The van der Waals surface area contributed by atoms with E-state index < -0.39 is 5.91 Å². The van der Waals surface area contributed by atoms with Gasteiger partial charge in [0.25, 0.3) is 5.56 Å². The SMILES string of the molecule is Cc1nc(N(CC(N)=O)CC(C)C)cc(=O)[nH]1. The third-order valence-corrected chi connectivity index (χ3v) is 2.10. The molecular formula is C11H18N4O2. The molecule has 1 rings (SSSR count). The lowest BCUT2D eigenvalue weighted by atomic mass is 10.2. The highest BCUT2D eigenvalue weighted by Crippen LogP contribution is 2.10. The number of primary amides is 1. The number of nitrogens with zero attached hydrogens (tertiary/aromatic N) is 2. The lowest BCUT2D eigenvalue weighted by Gasteiger charge is -2.24. The molecule has 1 amide bonds. The van der Waals surface area contributed by atoms with Crippen molar-refractivity contribution in [2.45, 2.75) is 20.8 Å². The molecule has 0 atom stereocenters. The van der Waals surface area contributed by atoms with Crippen LogP contribution in [0.3, 0.4) is 0 Å². The van der Waals surface area contributed by atoms with Crippen LogP contribution in [0.25, 0.3) is 0 Å². The summed E-state index contributed by atoms with van der Waals surface area (Å²) in [4.78, 5) is 30.8. The van der Waals surface area contributed by atoms with Crippen LogP contribution in [-0.4, -0.2) is 29.0 Å². The summed E-state index contributed by atoms with van der Waals surface area (Å²) in [5, 5.41) is 0. The van der Waals surface area contributed by atoms with E-state index in [-0.39, 0.29) is 12.1 Å². The van der Waals surface area contributed by atoms with Crippen molar-refractivity contribution < 1.29 is 4.79 Å². The van der Waals surface area contributed by atoms with Crippen molar-refractivity contribution in [3.63, 3.8) is 0 Å². The van der Waals surface area contributed by atoms with Gasteiger partial charge in [-0.2, -0.15) is 0 Å². The molecule has 6 heteroatoms. The van der Waals surface area contributed by atoms with Crippen LogP contribution in [0.2, 0.25) is 0 Å². The Morgan fingerprint density at radius 2 is 2.24 bits per heavy atom. The van der Waals surface area contributed by atoms with Gasteiger partial charge in [-0.3, -0.25) is 9.59 Å². The first kappa shape index (κ1) is 13.2. The third-order valence-electron chi connectivity index (χ3n) is 2.10. The van der Waals surface area contributed by atoms with Crippen LogP contribution in [0, 0.1) is 12.8 Å². The first-order valence-electron chi connectivity index (χ1n) is 5.49. The zero-order valence-electron chi connectivity index (χ0n) is 10.4. The second-order valence-corrected chi connectivity index (χ2v) is 4.43. The highest BCUT2D eigenvalue weighted by molar-refractivity contribution is 5.79. The average molecular weight is 238 g/mol. The van der Waals surface area contributed by atoms with Crippen molar-refractivity contribution in [2.24, 2.45) is 11.7 Å². The summed E-state index contributed by atoms with van der Waals surface area (Å²) in [5.74, 6) is 0.908. The molecule has 0 aliphatic heterocycles. The fourth-order valence-corrected chi connectivity index (χ4v) is 1.59. The van der Waals surface area contributed by atoms with Crippen molar-refractivity contribution in [1.29, 1.82) is 0 Å². The van der Waals surface area contributed by atoms with E-state index in [1.54, 1.807) is 11.8 Å². The molecule has 0 aliphatic rings. The summed E-state index contributed by atoms with van der Waals surface area (Å²) in [7, 11) is 0. The van der Waals surface area contributed by atoms with E-state index in [0.717, 1.165) is 0 Å². The highest BCUT2D eigenvalue weighted by Gasteiger charge is 2.13. The van der Waals surface area contributed by atoms with Crippen LogP contribution in [0.1, 0.15) is 19.7 Å². The van der Waals surface area contributed by atoms with Gasteiger partial charge in [-0.15, -0.1) is 0 Å². The number of hydrogen-bond donors (Lipinski definition) is 2. The highest BCUT2D eigenvalue weighted by atomic mass is 16.1. The first-order valence-corrected chi connectivity index (χ1v) is 5.49. The molecule has 0 bridgehead atoms. The molecule has 1 aromatic rings. The number of aryl methyl sites for hydroxylation is 1. The molecule has 0 spiro atoms. The van der Waals surface area contributed by atoms with E-state index in [0.29, 0.717) is 24.1 Å². The van der Waals surface area contributed by atoms with Gasteiger partial charge in [-0.25, -0.2) is 4.98 Å². The summed E-state index contributed by atoms with van der Waals surface area (Å²) in [6, 6.07) is 1.37. The monoisotopic (exact) mass is 238 g/mol. The zero-order chi connectivity index (χ0) is 13.0. The molecule has 0 radical (unpaired) electrons. The van der Waals surface area contributed by atoms with Crippen LogP contribution in [-0.2, 0) is 4.79 Å². The number of carbonyl (C=O) groups is 1. The lowest BCUT2D eigenvalue weighted by molar-refractivity contribution is -0.116. The number of nitrogens with two attached hydrogens (primary N) is 1. The van der Waals surface area contributed by atoms with Gasteiger partial charge in [0, 0.05) is 12.6 Å². The minimum Gasteiger partial charge on any atom is -0.368 e. The van der Waals surface area contributed by atoms with Crippen molar-refractivity contribution >= 4 is 11.7 Å². The van der Waals surface area contributed by atoms with Crippen molar-refractivity contribution in [3.8, 4) is 0 Å². The Hall–Kier alpha value is -1.85. The van der Waals surface area contributed by atoms with E-state index in [4.69, 9.17) is 5.73 Å². The largest absolute Gasteiger partial charge is 0.368 e. The van der Waals surface area contributed by atoms with Crippen LogP contribution >= 0.6 is 0 Å². The number of H-pyrrole nitrogens is 1. The van der Waals surface area contributed by atoms with E-state index in [1.165, 1.54) is 6.07 Å². The molecular weight excluding hydrogens is 220 g/mol.